The van der Waals surface area contributed by atoms with E-state index in [-0.39, 0.29) is 6.10 Å². The molecule has 0 spiro atoms. The van der Waals surface area contributed by atoms with Crippen LogP contribution in [0.15, 0.2) is 8.95 Å². The van der Waals surface area contributed by atoms with Crippen molar-refractivity contribution in [3.8, 4) is 5.75 Å². The van der Waals surface area contributed by atoms with E-state index in [0.29, 0.717) is 6.61 Å². The fourth-order valence-electron chi connectivity index (χ4n) is 1.70. The minimum Gasteiger partial charge on any atom is -0.490 e. The molecule has 0 saturated carbocycles. The second-order valence-corrected chi connectivity index (χ2v) is 5.68. The molecule has 4 heteroatoms. The molecule has 0 radical (unpaired) electrons. The Morgan fingerprint density at radius 1 is 1.12 bits per heavy atom. The maximum absolute atomic E-state index is 5.82. The molecule has 16 heavy (non-hydrogen) atoms. The maximum Gasteiger partial charge on any atom is 0.127 e. The number of benzene rings is 1. The van der Waals surface area contributed by atoms with Crippen LogP contribution in [0.3, 0.4) is 0 Å². The van der Waals surface area contributed by atoms with Gasteiger partial charge in [0, 0.05) is 20.1 Å². The van der Waals surface area contributed by atoms with Gasteiger partial charge < -0.3 is 9.47 Å². The van der Waals surface area contributed by atoms with Gasteiger partial charge in [0.15, 0.2) is 0 Å². The van der Waals surface area contributed by atoms with Crippen molar-refractivity contribution in [3.05, 3.63) is 25.6 Å². The highest BCUT2D eigenvalue weighted by Crippen LogP contribution is 2.39. The van der Waals surface area contributed by atoms with Crippen molar-refractivity contribution in [2.75, 3.05) is 13.2 Å². The Balaban J connectivity index is 2.34. The molecule has 0 N–H and O–H groups in total. The Bertz CT molecular complexity index is 397. The van der Waals surface area contributed by atoms with E-state index in [4.69, 9.17) is 9.47 Å². The lowest BCUT2D eigenvalue weighted by molar-refractivity contribution is 0.260. The molecule has 1 aromatic rings. The van der Waals surface area contributed by atoms with Crippen molar-refractivity contribution in [1.29, 1.82) is 0 Å². The number of rotatable bonds is 3. The van der Waals surface area contributed by atoms with Crippen LogP contribution >= 0.6 is 31.9 Å². The van der Waals surface area contributed by atoms with Crippen LogP contribution in [0.25, 0.3) is 0 Å². The Morgan fingerprint density at radius 3 is 2.06 bits per heavy atom. The molecular formula is C12H14Br2O2. The predicted octanol–water partition coefficient (Wildman–Crippen LogP) is 3.91. The average molecular weight is 350 g/mol. The van der Waals surface area contributed by atoms with Crippen LogP contribution in [0.4, 0.5) is 0 Å². The van der Waals surface area contributed by atoms with E-state index >= 15 is 0 Å². The molecule has 1 aromatic carbocycles. The summed E-state index contributed by atoms with van der Waals surface area (Å²) in [7, 11) is 0. The van der Waals surface area contributed by atoms with E-state index in [1.54, 1.807) is 0 Å². The van der Waals surface area contributed by atoms with Gasteiger partial charge in [-0.05, 0) is 26.3 Å². The second-order valence-electron chi connectivity index (χ2n) is 4.10. The molecule has 0 aromatic heterocycles. The molecule has 88 valence electrons. The minimum absolute atomic E-state index is 0.289. The zero-order chi connectivity index (χ0) is 11.9. The Hall–Kier alpha value is -0.0600. The van der Waals surface area contributed by atoms with Gasteiger partial charge in [0.25, 0.3) is 0 Å². The van der Waals surface area contributed by atoms with Gasteiger partial charge >= 0.3 is 0 Å². The lowest BCUT2D eigenvalue weighted by atomic mass is 10.1. The highest BCUT2D eigenvalue weighted by molar-refractivity contribution is 9.11. The lowest BCUT2D eigenvalue weighted by Crippen LogP contribution is -2.07. The molecule has 2 nitrogen and oxygen atoms in total. The summed E-state index contributed by atoms with van der Waals surface area (Å²) in [6.45, 7) is 7.69. The Morgan fingerprint density at radius 2 is 1.62 bits per heavy atom. The topological polar surface area (TPSA) is 21.8 Å². The fourth-order valence-corrected chi connectivity index (χ4v) is 2.72. The van der Waals surface area contributed by atoms with E-state index in [1.807, 2.05) is 0 Å². The standard InChI is InChI=1S/C12H14Br2O2/c1-6-10(13)7(2)12(8(3)11(6)14)16-5-9-4-15-9/h9H,4-5H2,1-3H3. The van der Waals surface area contributed by atoms with E-state index in [0.717, 1.165) is 32.4 Å². The van der Waals surface area contributed by atoms with Gasteiger partial charge in [-0.2, -0.15) is 0 Å². The minimum atomic E-state index is 0.289. The summed E-state index contributed by atoms with van der Waals surface area (Å²) in [5.74, 6) is 0.958. The van der Waals surface area contributed by atoms with Crippen LogP contribution in [-0.2, 0) is 4.74 Å². The lowest BCUT2D eigenvalue weighted by Gasteiger charge is -2.16. The largest absolute Gasteiger partial charge is 0.490 e. The van der Waals surface area contributed by atoms with Crippen LogP contribution in [0, 0.1) is 20.8 Å². The third kappa shape index (κ3) is 2.29. The molecule has 1 atom stereocenters. The van der Waals surface area contributed by atoms with Crippen molar-refractivity contribution in [2.45, 2.75) is 26.9 Å². The summed E-state index contributed by atoms with van der Waals surface area (Å²) in [4.78, 5) is 0. The highest BCUT2D eigenvalue weighted by Gasteiger charge is 2.24. The molecule has 1 aliphatic rings. The third-order valence-electron chi connectivity index (χ3n) is 2.81. The van der Waals surface area contributed by atoms with Crippen molar-refractivity contribution in [2.24, 2.45) is 0 Å². The zero-order valence-electron chi connectivity index (χ0n) is 9.56. The first kappa shape index (κ1) is 12.4. The summed E-state index contributed by atoms with van der Waals surface area (Å²) in [5, 5.41) is 0. The van der Waals surface area contributed by atoms with Gasteiger partial charge in [-0.3, -0.25) is 0 Å². The summed E-state index contributed by atoms with van der Waals surface area (Å²) < 4.78 is 13.2. The molecule has 0 amide bonds. The quantitative estimate of drug-likeness (QED) is 0.771. The van der Waals surface area contributed by atoms with Crippen LogP contribution in [-0.4, -0.2) is 19.3 Å². The summed E-state index contributed by atoms with van der Waals surface area (Å²) in [6, 6.07) is 0. The van der Waals surface area contributed by atoms with E-state index in [9.17, 15) is 0 Å². The molecule has 1 heterocycles. The highest BCUT2D eigenvalue weighted by atomic mass is 79.9. The number of halogens is 2. The van der Waals surface area contributed by atoms with Crippen LogP contribution in [0.1, 0.15) is 16.7 Å². The summed E-state index contributed by atoms with van der Waals surface area (Å²) in [5.41, 5.74) is 3.52. The number of epoxide rings is 1. The van der Waals surface area contributed by atoms with Crippen LogP contribution < -0.4 is 4.74 Å². The maximum atomic E-state index is 5.82. The first-order chi connectivity index (χ1) is 7.52. The van der Waals surface area contributed by atoms with Gasteiger partial charge in [-0.15, -0.1) is 0 Å². The van der Waals surface area contributed by atoms with Crippen molar-refractivity contribution >= 4 is 31.9 Å². The normalized spacial score (nSPS) is 18.7. The molecule has 0 aliphatic carbocycles. The van der Waals surface area contributed by atoms with E-state index in [2.05, 4.69) is 52.6 Å². The fraction of sp³-hybridized carbons (Fsp3) is 0.500. The molecule has 0 bridgehead atoms. The smallest absolute Gasteiger partial charge is 0.127 e. The van der Waals surface area contributed by atoms with E-state index in [1.165, 1.54) is 5.56 Å². The molecule has 1 saturated heterocycles. The molecule has 1 unspecified atom stereocenters. The summed E-state index contributed by atoms with van der Waals surface area (Å²) in [6.07, 6.45) is 0.289. The molecule has 1 aliphatic heterocycles. The Kier molecular flexibility index (Phi) is 3.62. The number of hydrogen-bond donors (Lipinski definition) is 0. The number of hydrogen-bond acceptors (Lipinski definition) is 2. The van der Waals surface area contributed by atoms with Gasteiger partial charge in [0.05, 0.1) is 6.61 Å². The average Bonchev–Trinajstić information content (AvgIpc) is 3.07. The van der Waals surface area contributed by atoms with Crippen molar-refractivity contribution in [3.63, 3.8) is 0 Å². The van der Waals surface area contributed by atoms with Gasteiger partial charge in [0.1, 0.15) is 18.5 Å². The molecular weight excluding hydrogens is 336 g/mol. The second kappa shape index (κ2) is 4.67. The van der Waals surface area contributed by atoms with Gasteiger partial charge in [0.2, 0.25) is 0 Å². The van der Waals surface area contributed by atoms with Crippen molar-refractivity contribution < 1.29 is 9.47 Å². The third-order valence-corrected chi connectivity index (χ3v) is 5.19. The molecule has 1 fully saturated rings. The predicted molar refractivity (Wildman–Crippen MR) is 71.3 cm³/mol. The Labute approximate surface area is 113 Å². The van der Waals surface area contributed by atoms with E-state index < -0.39 is 0 Å². The summed E-state index contributed by atoms with van der Waals surface area (Å²) >= 11 is 7.19. The monoisotopic (exact) mass is 348 g/mol. The first-order valence-electron chi connectivity index (χ1n) is 5.21. The number of ether oxygens (including phenoxy) is 2. The van der Waals surface area contributed by atoms with Crippen LogP contribution in [0.2, 0.25) is 0 Å². The van der Waals surface area contributed by atoms with Crippen molar-refractivity contribution in [1.82, 2.24) is 0 Å². The zero-order valence-corrected chi connectivity index (χ0v) is 12.7. The molecule has 2 rings (SSSR count). The first-order valence-corrected chi connectivity index (χ1v) is 6.80. The van der Waals surface area contributed by atoms with Gasteiger partial charge in [-0.25, -0.2) is 0 Å². The van der Waals surface area contributed by atoms with Crippen LogP contribution in [0.5, 0.6) is 5.75 Å². The van der Waals surface area contributed by atoms with Gasteiger partial charge in [-0.1, -0.05) is 31.9 Å². The SMILES string of the molecule is Cc1c(Br)c(C)c(OCC2CO2)c(C)c1Br.